The maximum absolute atomic E-state index is 12.8. The molecule has 1 aromatic heterocycles. The summed E-state index contributed by atoms with van der Waals surface area (Å²) in [4.78, 5) is 15.3. The van der Waals surface area contributed by atoms with Crippen LogP contribution in [0.1, 0.15) is 34.0 Å². The number of nitrogens with one attached hydrogen (secondary N) is 1. The lowest BCUT2D eigenvalue weighted by molar-refractivity contribution is 0.0997. The lowest BCUT2D eigenvalue weighted by Crippen LogP contribution is -2.23. The first-order valence-corrected chi connectivity index (χ1v) is 11.5. The van der Waals surface area contributed by atoms with Gasteiger partial charge < -0.3 is 21.3 Å². The number of sulfone groups is 1. The molecule has 0 bridgehead atoms. The van der Waals surface area contributed by atoms with Crippen LogP contribution in [0.5, 0.6) is 5.75 Å². The fourth-order valence-corrected chi connectivity index (χ4v) is 4.48. The predicted molar refractivity (Wildman–Crippen MR) is 133 cm³/mol. The first kappa shape index (κ1) is 29.3. The number of primary amides is 1. The Balaban J connectivity index is 0.00000289. The summed E-state index contributed by atoms with van der Waals surface area (Å²) in [5.41, 5.74) is 6.67. The summed E-state index contributed by atoms with van der Waals surface area (Å²) in [6, 6.07) is 13.6. The van der Waals surface area contributed by atoms with Gasteiger partial charge >= 0.3 is 0 Å². The standard InChI is InChI=1S/C23H25N3O5S.2ClH/c24-23(29)20-13-19(9-10-21(20)27)32(30,31)18-7-5-16(6-8-18)3-1-11-26-15-22(28)17-4-2-12-25-14-17;;/h2,4-10,12-14,22,26-28H,1,3,11,15H2,(H2,24,29);2*1H/t22-;;/m0../s1. The maximum atomic E-state index is 12.8. The second-order valence-corrected chi connectivity index (χ2v) is 9.25. The Morgan fingerprint density at radius 1 is 1.06 bits per heavy atom. The molecule has 0 aliphatic carbocycles. The van der Waals surface area contributed by atoms with Gasteiger partial charge in [0.2, 0.25) is 9.84 Å². The van der Waals surface area contributed by atoms with Crippen molar-refractivity contribution in [2.75, 3.05) is 13.1 Å². The third kappa shape index (κ3) is 7.41. The van der Waals surface area contributed by atoms with Crippen molar-refractivity contribution < 1.29 is 23.4 Å². The average molecular weight is 528 g/mol. The van der Waals surface area contributed by atoms with Crippen molar-refractivity contribution in [1.82, 2.24) is 10.3 Å². The predicted octanol–water partition coefficient (Wildman–Crippen LogP) is 2.82. The van der Waals surface area contributed by atoms with E-state index < -0.39 is 21.8 Å². The number of aliphatic hydroxyl groups is 1. The van der Waals surface area contributed by atoms with Gasteiger partial charge in [0, 0.05) is 24.5 Å². The number of carbonyl (C=O) groups is 1. The molecule has 1 heterocycles. The minimum Gasteiger partial charge on any atom is -0.507 e. The molecular formula is C23H27Cl2N3O5S. The van der Waals surface area contributed by atoms with Crippen molar-refractivity contribution in [3.05, 3.63) is 83.7 Å². The Hall–Kier alpha value is -2.69. The number of aryl methyl sites for hydroxylation is 1. The number of rotatable bonds is 10. The minimum absolute atomic E-state index is 0. The van der Waals surface area contributed by atoms with Crippen LogP contribution in [-0.2, 0) is 16.3 Å². The van der Waals surface area contributed by atoms with E-state index in [1.54, 1.807) is 30.6 Å². The third-order valence-corrected chi connectivity index (χ3v) is 6.77. The fourth-order valence-electron chi connectivity index (χ4n) is 3.20. The molecule has 0 aliphatic heterocycles. The Bertz CT molecular complexity index is 1180. The van der Waals surface area contributed by atoms with Gasteiger partial charge in [0.25, 0.3) is 5.91 Å². The van der Waals surface area contributed by atoms with Gasteiger partial charge in [-0.05, 0) is 61.3 Å². The minimum atomic E-state index is -3.86. The van der Waals surface area contributed by atoms with E-state index in [0.29, 0.717) is 13.1 Å². The van der Waals surface area contributed by atoms with E-state index in [0.717, 1.165) is 36.1 Å². The topological polar surface area (TPSA) is 143 Å². The van der Waals surface area contributed by atoms with Crippen LogP contribution in [0.15, 0.2) is 76.8 Å². The zero-order valence-electron chi connectivity index (χ0n) is 18.1. The van der Waals surface area contributed by atoms with Gasteiger partial charge in [0.1, 0.15) is 5.75 Å². The zero-order chi connectivity index (χ0) is 23.1. The lowest BCUT2D eigenvalue weighted by atomic mass is 10.1. The van der Waals surface area contributed by atoms with Gasteiger partial charge in [-0.15, -0.1) is 24.8 Å². The SMILES string of the molecule is Cl.Cl.NC(=O)c1cc(S(=O)(=O)c2ccc(CCCNC[C@H](O)c3cccnc3)cc2)ccc1O. The van der Waals surface area contributed by atoms with Crippen molar-refractivity contribution in [2.24, 2.45) is 5.73 Å². The molecule has 0 aliphatic rings. The molecule has 0 spiro atoms. The number of benzene rings is 2. The fraction of sp³-hybridized carbons (Fsp3) is 0.217. The smallest absolute Gasteiger partial charge is 0.252 e. The molecule has 3 aromatic rings. The molecule has 184 valence electrons. The van der Waals surface area contributed by atoms with Gasteiger partial charge in [-0.2, -0.15) is 0 Å². The van der Waals surface area contributed by atoms with Gasteiger partial charge in [0.05, 0.1) is 21.5 Å². The van der Waals surface area contributed by atoms with Gasteiger partial charge in [0.15, 0.2) is 0 Å². The Morgan fingerprint density at radius 2 is 1.74 bits per heavy atom. The summed E-state index contributed by atoms with van der Waals surface area (Å²) in [5, 5.41) is 23.0. The molecule has 1 amide bonds. The summed E-state index contributed by atoms with van der Waals surface area (Å²) < 4.78 is 25.7. The number of nitrogens with zero attached hydrogens (tertiary/aromatic N) is 1. The van der Waals surface area contributed by atoms with Gasteiger partial charge in [-0.1, -0.05) is 18.2 Å². The van der Waals surface area contributed by atoms with E-state index >= 15 is 0 Å². The molecule has 1 atom stereocenters. The Morgan fingerprint density at radius 3 is 2.35 bits per heavy atom. The first-order chi connectivity index (χ1) is 15.3. The number of halogens is 2. The number of aromatic nitrogens is 1. The van der Waals surface area contributed by atoms with Crippen molar-refractivity contribution in [1.29, 1.82) is 0 Å². The molecule has 34 heavy (non-hydrogen) atoms. The van der Waals surface area contributed by atoms with Crippen LogP contribution in [0, 0.1) is 0 Å². The number of hydrogen-bond donors (Lipinski definition) is 4. The lowest BCUT2D eigenvalue weighted by Gasteiger charge is -2.12. The van der Waals surface area contributed by atoms with E-state index in [1.807, 2.05) is 6.07 Å². The summed E-state index contributed by atoms with van der Waals surface area (Å²) in [6.07, 6.45) is 4.22. The largest absolute Gasteiger partial charge is 0.507 e. The molecule has 8 nitrogen and oxygen atoms in total. The Kier molecular flexibility index (Phi) is 11.4. The van der Waals surface area contributed by atoms with Crippen LogP contribution in [0.2, 0.25) is 0 Å². The van der Waals surface area contributed by atoms with E-state index in [4.69, 9.17) is 5.73 Å². The van der Waals surface area contributed by atoms with E-state index in [1.165, 1.54) is 18.2 Å². The number of aromatic hydroxyl groups is 1. The Labute approximate surface area is 211 Å². The summed E-state index contributed by atoms with van der Waals surface area (Å²) in [6.45, 7) is 1.11. The summed E-state index contributed by atoms with van der Waals surface area (Å²) in [7, 11) is -3.86. The number of aliphatic hydroxyl groups excluding tert-OH is 1. The number of carbonyl (C=O) groups excluding carboxylic acids is 1. The summed E-state index contributed by atoms with van der Waals surface area (Å²) >= 11 is 0. The number of hydrogen-bond acceptors (Lipinski definition) is 7. The highest BCUT2D eigenvalue weighted by Gasteiger charge is 2.20. The van der Waals surface area contributed by atoms with Crippen molar-refractivity contribution >= 4 is 40.6 Å². The first-order valence-electron chi connectivity index (χ1n) is 10.0. The molecule has 0 fully saturated rings. The van der Waals surface area contributed by atoms with Crippen LogP contribution >= 0.6 is 24.8 Å². The van der Waals surface area contributed by atoms with Crippen LogP contribution < -0.4 is 11.1 Å². The zero-order valence-corrected chi connectivity index (χ0v) is 20.6. The van der Waals surface area contributed by atoms with Gasteiger partial charge in [-0.25, -0.2) is 8.42 Å². The maximum Gasteiger partial charge on any atom is 0.252 e. The number of amides is 1. The van der Waals surface area contributed by atoms with Gasteiger partial charge in [-0.3, -0.25) is 9.78 Å². The molecule has 0 saturated heterocycles. The number of phenols is 1. The highest BCUT2D eigenvalue weighted by Crippen LogP contribution is 2.26. The molecule has 11 heteroatoms. The molecule has 3 rings (SSSR count). The van der Waals surface area contributed by atoms with Crippen molar-refractivity contribution in [2.45, 2.75) is 28.7 Å². The van der Waals surface area contributed by atoms with Crippen LogP contribution in [-0.4, -0.2) is 42.6 Å². The quantitative estimate of drug-likeness (QED) is 0.297. The normalized spacial score (nSPS) is 11.7. The monoisotopic (exact) mass is 527 g/mol. The summed E-state index contributed by atoms with van der Waals surface area (Å²) in [5.74, 6) is -1.27. The second-order valence-electron chi connectivity index (χ2n) is 7.30. The molecule has 0 saturated carbocycles. The number of pyridine rings is 1. The van der Waals surface area contributed by atoms with E-state index in [9.17, 15) is 23.4 Å². The molecule has 0 unspecified atom stereocenters. The van der Waals surface area contributed by atoms with Crippen LogP contribution in [0.25, 0.3) is 0 Å². The second kappa shape index (κ2) is 13.3. The number of nitrogens with two attached hydrogens (primary N) is 1. The van der Waals surface area contributed by atoms with E-state index in [-0.39, 0.29) is 45.9 Å². The van der Waals surface area contributed by atoms with Crippen LogP contribution in [0.4, 0.5) is 0 Å². The van der Waals surface area contributed by atoms with Crippen molar-refractivity contribution in [3.63, 3.8) is 0 Å². The van der Waals surface area contributed by atoms with Crippen LogP contribution in [0.3, 0.4) is 0 Å². The molecular weight excluding hydrogens is 501 g/mol. The molecule has 0 radical (unpaired) electrons. The molecule has 2 aromatic carbocycles. The van der Waals surface area contributed by atoms with E-state index in [2.05, 4.69) is 10.3 Å². The molecule has 5 N–H and O–H groups in total. The highest BCUT2D eigenvalue weighted by atomic mass is 35.5. The third-order valence-electron chi connectivity index (χ3n) is 5.00. The average Bonchev–Trinajstić information content (AvgIpc) is 2.79. The highest BCUT2D eigenvalue weighted by molar-refractivity contribution is 7.91. The van der Waals surface area contributed by atoms with Crippen molar-refractivity contribution in [3.8, 4) is 5.75 Å².